The molecule has 1 aliphatic carbocycles. The van der Waals surface area contributed by atoms with Crippen LogP contribution in [0.25, 0.3) is 0 Å². The number of piperazine rings is 1. The summed E-state index contributed by atoms with van der Waals surface area (Å²) >= 11 is 0. The molecular weight excluding hydrogens is 248 g/mol. The van der Waals surface area contributed by atoms with Crippen molar-refractivity contribution in [2.75, 3.05) is 18.0 Å². The van der Waals surface area contributed by atoms with Crippen molar-refractivity contribution in [1.82, 2.24) is 15.1 Å². The highest BCUT2D eigenvalue weighted by molar-refractivity contribution is 5.41. The molecule has 1 saturated carbocycles. The Hall–Kier alpha value is -1.03. The van der Waals surface area contributed by atoms with Crippen LogP contribution in [0.15, 0.2) is 12.3 Å². The van der Waals surface area contributed by atoms with Gasteiger partial charge >= 0.3 is 0 Å². The minimum absolute atomic E-state index is 0.334. The fourth-order valence-electron chi connectivity index (χ4n) is 3.90. The summed E-state index contributed by atoms with van der Waals surface area (Å²) in [5.74, 6) is 1.79. The molecule has 1 spiro atoms. The lowest BCUT2D eigenvalue weighted by atomic mass is 9.78. The molecule has 2 heterocycles. The average Bonchev–Trinajstić information content (AvgIpc) is 2.86. The van der Waals surface area contributed by atoms with Gasteiger partial charge in [-0.2, -0.15) is 5.10 Å². The summed E-state index contributed by atoms with van der Waals surface area (Å²) < 4.78 is 1.92. The van der Waals surface area contributed by atoms with Crippen molar-refractivity contribution < 1.29 is 0 Å². The van der Waals surface area contributed by atoms with Crippen LogP contribution in [0.1, 0.15) is 46.0 Å². The number of aromatic nitrogens is 2. The minimum Gasteiger partial charge on any atom is -0.349 e. The third kappa shape index (κ3) is 2.58. The first-order valence-electron chi connectivity index (χ1n) is 8.11. The van der Waals surface area contributed by atoms with Crippen molar-refractivity contribution in [2.24, 2.45) is 13.0 Å². The number of nitrogens with one attached hydrogen (secondary N) is 1. The first-order valence-corrected chi connectivity index (χ1v) is 8.11. The number of rotatable bonds is 2. The second-order valence-corrected chi connectivity index (χ2v) is 7.01. The van der Waals surface area contributed by atoms with Crippen molar-refractivity contribution in [3.8, 4) is 0 Å². The summed E-state index contributed by atoms with van der Waals surface area (Å²) in [5.41, 5.74) is 0.334. The molecule has 1 aromatic heterocycles. The molecule has 0 bridgehead atoms. The smallest absolute Gasteiger partial charge is 0.150 e. The molecule has 1 aromatic rings. The van der Waals surface area contributed by atoms with Crippen LogP contribution in [0.3, 0.4) is 0 Å². The quantitative estimate of drug-likeness (QED) is 0.901. The lowest BCUT2D eigenvalue weighted by Crippen LogP contribution is -2.66. The molecule has 0 aromatic carbocycles. The van der Waals surface area contributed by atoms with Gasteiger partial charge in [0.2, 0.25) is 0 Å². The first kappa shape index (κ1) is 13.9. The average molecular weight is 276 g/mol. The fraction of sp³-hybridized carbons (Fsp3) is 0.812. The van der Waals surface area contributed by atoms with E-state index in [1.807, 2.05) is 11.7 Å². The molecular formula is C16H28N4. The first-order chi connectivity index (χ1) is 9.60. The highest BCUT2D eigenvalue weighted by Gasteiger charge is 2.41. The summed E-state index contributed by atoms with van der Waals surface area (Å²) in [6.45, 7) is 6.85. The normalized spacial score (nSPS) is 26.4. The summed E-state index contributed by atoms with van der Waals surface area (Å²) in [7, 11) is 2.01. The number of anilines is 1. The molecule has 4 heteroatoms. The van der Waals surface area contributed by atoms with E-state index in [2.05, 4.69) is 41.4 Å². The molecule has 1 unspecified atom stereocenters. The van der Waals surface area contributed by atoms with Crippen molar-refractivity contribution in [1.29, 1.82) is 0 Å². The monoisotopic (exact) mass is 276 g/mol. The summed E-state index contributed by atoms with van der Waals surface area (Å²) in [6.07, 6.45) is 8.84. The molecule has 2 aliphatic rings. The summed E-state index contributed by atoms with van der Waals surface area (Å²) in [6, 6.07) is 2.72. The standard InChI is InChI=1S/C16H28N4/c1-13(2)14-11-17-16(8-5-4-6-9-16)12-20(14)15-7-10-19(3)18-15/h7,10,13-14,17H,4-6,8-9,11-12H2,1-3H3. The zero-order valence-electron chi connectivity index (χ0n) is 13.1. The van der Waals surface area contributed by atoms with Gasteiger partial charge in [-0.15, -0.1) is 0 Å². The highest BCUT2D eigenvalue weighted by Crippen LogP contribution is 2.34. The van der Waals surface area contributed by atoms with E-state index in [0.717, 1.165) is 18.9 Å². The van der Waals surface area contributed by atoms with E-state index in [4.69, 9.17) is 0 Å². The molecule has 1 N–H and O–H groups in total. The van der Waals surface area contributed by atoms with E-state index < -0.39 is 0 Å². The number of hydrogen-bond donors (Lipinski definition) is 1. The van der Waals surface area contributed by atoms with Gasteiger partial charge < -0.3 is 10.2 Å². The van der Waals surface area contributed by atoms with Crippen LogP contribution in [0.2, 0.25) is 0 Å². The Labute approximate surface area is 122 Å². The lowest BCUT2D eigenvalue weighted by molar-refractivity contribution is 0.183. The van der Waals surface area contributed by atoms with Gasteiger partial charge in [0.25, 0.3) is 0 Å². The third-order valence-electron chi connectivity index (χ3n) is 5.13. The van der Waals surface area contributed by atoms with Gasteiger partial charge in [-0.25, -0.2) is 0 Å². The Morgan fingerprint density at radius 2 is 2.05 bits per heavy atom. The molecule has 3 rings (SSSR count). The van der Waals surface area contributed by atoms with Crippen molar-refractivity contribution >= 4 is 5.82 Å². The van der Waals surface area contributed by atoms with Crippen LogP contribution in [0, 0.1) is 5.92 Å². The molecule has 1 saturated heterocycles. The maximum absolute atomic E-state index is 4.66. The van der Waals surface area contributed by atoms with E-state index >= 15 is 0 Å². The predicted molar refractivity (Wildman–Crippen MR) is 83.0 cm³/mol. The van der Waals surface area contributed by atoms with E-state index in [-0.39, 0.29) is 0 Å². The van der Waals surface area contributed by atoms with Gasteiger partial charge in [0.15, 0.2) is 5.82 Å². The molecule has 112 valence electrons. The molecule has 20 heavy (non-hydrogen) atoms. The highest BCUT2D eigenvalue weighted by atomic mass is 15.4. The van der Waals surface area contributed by atoms with Gasteiger partial charge in [-0.05, 0) is 18.8 Å². The van der Waals surface area contributed by atoms with Crippen molar-refractivity contribution in [3.63, 3.8) is 0 Å². The summed E-state index contributed by atoms with van der Waals surface area (Å²) in [4.78, 5) is 2.56. The van der Waals surface area contributed by atoms with Gasteiger partial charge in [0.05, 0.1) is 0 Å². The van der Waals surface area contributed by atoms with E-state index in [0.29, 0.717) is 17.5 Å². The maximum Gasteiger partial charge on any atom is 0.150 e. The lowest BCUT2D eigenvalue weighted by Gasteiger charge is -2.51. The molecule has 0 amide bonds. The molecule has 4 nitrogen and oxygen atoms in total. The zero-order valence-corrected chi connectivity index (χ0v) is 13.1. The Kier molecular flexibility index (Phi) is 3.76. The Balaban J connectivity index is 1.84. The SMILES string of the molecule is CC(C)C1CNC2(CCCCC2)CN1c1ccn(C)n1. The van der Waals surface area contributed by atoms with Gasteiger partial charge in [-0.1, -0.05) is 33.1 Å². The second kappa shape index (κ2) is 5.40. The fourth-order valence-corrected chi connectivity index (χ4v) is 3.90. The summed E-state index contributed by atoms with van der Waals surface area (Å²) in [5, 5.41) is 8.56. The Bertz CT molecular complexity index is 445. The van der Waals surface area contributed by atoms with Gasteiger partial charge in [-0.3, -0.25) is 4.68 Å². The number of hydrogen-bond acceptors (Lipinski definition) is 3. The van der Waals surface area contributed by atoms with E-state index in [9.17, 15) is 0 Å². The number of nitrogens with zero attached hydrogens (tertiary/aromatic N) is 3. The van der Waals surface area contributed by atoms with Crippen LogP contribution in [-0.2, 0) is 7.05 Å². The van der Waals surface area contributed by atoms with Crippen LogP contribution in [0.5, 0.6) is 0 Å². The predicted octanol–water partition coefficient (Wildman–Crippen LogP) is 2.56. The van der Waals surface area contributed by atoms with Gasteiger partial charge in [0.1, 0.15) is 0 Å². The van der Waals surface area contributed by atoms with E-state index in [1.165, 1.54) is 32.1 Å². The number of aryl methyl sites for hydroxylation is 1. The van der Waals surface area contributed by atoms with Crippen LogP contribution in [-0.4, -0.2) is 34.5 Å². The van der Waals surface area contributed by atoms with Gasteiger partial charge in [0, 0.05) is 44.0 Å². The molecule has 1 atom stereocenters. The molecule has 1 aliphatic heterocycles. The topological polar surface area (TPSA) is 33.1 Å². The Morgan fingerprint density at radius 3 is 2.65 bits per heavy atom. The zero-order chi connectivity index (χ0) is 14.2. The maximum atomic E-state index is 4.66. The third-order valence-corrected chi connectivity index (χ3v) is 5.13. The van der Waals surface area contributed by atoms with Crippen LogP contribution < -0.4 is 10.2 Å². The van der Waals surface area contributed by atoms with Crippen LogP contribution in [0.4, 0.5) is 5.82 Å². The van der Waals surface area contributed by atoms with E-state index in [1.54, 1.807) is 0 Å². The minimum atomic E-state index is 0.334. The molecule has 0 radical (unpaired) electrons. The Morgan fingerprint density at radius 1 is 1.30 bits per heavy atom. The second-order valence-electron chi connectivity index (χ2n) is 7.01. The van der Waals surface area contributed by atoms with Crippen molar-refractivity contribution in [2.45, 2.75) is 57.5 Å². The van der Waals surface area contributed by atoms with Crippen molar-refractivity contribution in [3.05, 3.63) is 12.3 Å². The van der Waals surface area contributed by atoms with Crippen LogP contribution >= 0.6 is 0 Å². The largest absolute Gasteiger partial charge is 0.349 e. The molecule has 2 fully saturated rings.